The molecule has 5 heteroatoms. The molecule has 1 aliphatic heterocycles. The summed E-state index contributed by atoms with van der Waals surface area (Å²) < 4.78 is 0. The number of nitrogens with two attached hydrogens (primary N) is 1. The van der Waals surface area contributed by atoms with Crippen LogP contribution in [-0.2, 0) is 0 Å². The summed E-state index contributed by atoms with van der Waals surface area (Å²) in [4.78, 5) is 6.43. The number of aliphatic hydroxyl groups is 1. The van der Waals surface area contributed by atoms with Crippen molar-refractivity contribution in [2.24, 2.45) is 5.73 Å². The van der Waals surface area contributed by atoms with Crippen molar-refractivity contribution in [1.82, 2.24) is 4.98 Å². The first-order valence-corrected chi connectivity index (χ1v) is 6.10. The fourth-order valence-corrected chi connectivity index (χ4v) is 2.54. The Labute approximate surface area is 107 Å². The number of nitrogens with zero attached hydrogens (tertiary/aromatic N) is 2. The molecule has 1 aromatic rings. The Morgan fingerprint density at radius 2 is 2.22 bits per heavy atom. The smallest absolute Gasteiger partial charge is 0.126 e. The summed E-state index contributed by atoms with van der Waals surface area (Å²) in [6, 6.07) is 1.94. The third-order valence-corrected chi connectivity index (χ3v) is 3.37. The minimum atomic E-state index is -0.668. The van der Waals surface area contributed by atoms with Crippen LogP contribution in [0.3, 0.4) is 0 Å². The van der Waals surface area contributed by atoms with E-state index in [1.54, 1.807) is 0 Å². The standard InChI is InChI=1S/C13H20N4O/c1-8-6-10(11(12(14)15)9(2)16-8)17-5-4-13(3,18)7-17/h6,18H,4-5,7H2,1-3H3,(H3,14,15). The summed E-state index contributed by atoms with van der Waals surface area (Å²) in [5.74, 6) is 0.0292. The SMILES string of the molecule is Cc1cc(N2CCC(C)(O)C2)c(C(=N)N)c(C)n1. The minimum Gasteiger partial charge on any atom is -0.388 e. The number of hydrogen-bond acceptors (Lipinski definition) is 4. The van der Waals surface area contributed by atoms with Gasteiger partial charge in [0.1, 0.15) is 5.84 Å². The molecule has 1 saturated heterocycles. The second-order valence-corrected chi connectivity index (χ2v) is 5.33. The van der Waals surface area contributed by atoms with Crippen LogP contribution < -0.4 is 10.6 Å². The maximum atomic E-state index is 10.1. The molecule has 0 aromatic carbocycles. The summed E-state index contributed by atoms with van der Waals surface area (Å²) in [5.41, 5.74) is 8.24. The number of aryl methyl sites for hydroxylation is 2. The Hall–Kier alpha value is -1.62. The summed E-state index contributed by atoms with van der Waals surface area (Å²) in [6.45, 7) is 6.96. The Balaban J connectivity index is 2.47. The normalized spacial score (nSPS) is 23.4. The van der Waals surface area contributed by atoms with Gasteiger partial charge in [-0.05, 0) is 33.3 Å². The fourth-order valence-electron chi connectivity index (χ4n) is 2.54. The lowest BCUT2D eigenvalue weighted by molar-refractivity contribution is 0.0839. The maximum absolute atomic E-state index is 10.1. The van der Waals surface area contributed by atoms with Gasteiger partial charge in [0.25, 0.3) is 0 Å². The molecule has 98 valence electrons. The van der Waals surface area contributed by atoms with Crippen LogP contribution in [0.15, 0.2) is 6.07 Å². The zero-order chi connectivity index (χ0) is 13.5. The summed E-state index contributed by atoms with van der Waals surface area (Å²) in [6.07, 6.45) is 0.727. The van der Waals surface area contributed by atoms with E-state index in [4.69, 9.17) is 11.1 Å². The van der Waals surface area contributed by atoms with Gasteiger partial charge in [0.05, 0.1) is 22.5 Å². The largest absolute Gasteiger partial charge is 0.388 e. The molecular formula is C13H20N4O. The van der Waals surface area contributed by atoms with Crippen molar-refractivity contribution < 1.29 is 5.11 Å². The van der Waals surface area contributed by atoms with Crippen molar-refractivity contribution >= 4 is 11.5 Å². The molecule has 5 nitrogen and oxygen atoms in total. The molecule has 1 atom stereocenters. The molecule has 0 radical (unpaired) electrons. The third-order valence-electron chi connectivity index (χ3n) is 3.37. The quantitative estimate of drug-likeness (QED) is 0.537. The fraction of sp³-hybridized carbons (Fsp3) is 0.538. The second-order valence-electron chi connectivity index (χ2n) is 5.33. The Bertz CT molecular complexity index is 496. The number of pyridine rings is 1. The number of anilines is 1. The number of hydrogen-bond donors (Lipinski definition) is 3. The van der Waals surface area contributed by atoms with E-state index in [0.717, 1.165) is 30.0 Å². The van der Waals surface area contributed by atoms with Crippen LogP contribution in [0.2, 0.25) is 0 Å². The number of aromatic nitrogens is 1. The highest BCUT2D eigenvalue weighted by Gasteiger charge is 2.33. The molecule has 1 aliphatic rings. The van der Waals surface area contributed by atoms with Gasteiger partial charge in [-0.15, -0.1) is 0 Å². The number of nitrogens with one attached hydrogen (secondary N) is 1. The molecule has 1 aromatic heterocycles. The van der Waals surface area contributed by atoms with Crippen molar-refractivity contribution in [3.63, 3.8) is 0 Å². The number of rotatable bonds is 2. The first-order valence-electron chi connectivity index (χ1n) is 6.10. The Kier molecular flexibility index (Phi) is 3.02. The van der Waals surface area contributed by atoms with Gasteiger partial charge >= 0.3 is 0 Å². The van der Waals surface area contributed by atoms with Crippen LogP contribution in [0.25, 0.3) is 0 Å². The van der Waals surface area contributed by atoms with Crippen LogP contribution in [0.4, 0.5) is 5.69 Å². The van der Waals surface area contributed by atoms with Gasteiger partial charge in [-0.1, -0.05) is 0 Å². The molecule has 0 aliphatic carbocycles. The third kappa shape index (κ3) is 2.31. The Morgan fingerprint density at radius 3 is 2.72 bits per heavy atom. The molecule has 0 amide bonds. The highest BCUT2D eigenvalue weighted by molar-refractivity contribution is 6.01. The van der Waals surface area contributed by atoms with E-state index in [-0.39, 0.29) is 5.84 Å². The van der Waals surface area contributed by atoms with Crippen LogP contribution >= 0.6 is 0 Å². The molecule has 1 unspecified atom stereocenters. The van der Waals surface area contributed by atoms with E-state index in [0.29, 0.717) is 12.1 Å². The van der Waals surface area contributed by atoms with Gasteiger partial charge in [-0.25, -0.2) is 0 Å². The molecular weight excluding hydrogens is 228 g/mol. The highest BCUT2D eigenvalue weighted by atomic mass is 16.3. The van der Waals surface area contributed by atoms with E-state index < -0.39 is 5.60 Å². The van der Waals surface area contributed by atoms with Gasteiger partial charge in [0.2, 0.25) is 0 Å². The molecule has 2 rings (SSSR count). The van der Waals surface area contributed by atoms with Crippen LogP contribution in [0.1, 0.15) is 30.3 Å². The predicted molar refractivity (Wildman–Crippen MR) is 72.2 cm³/mol. The number of amidine groups is 1. The van der Waals surface area contributed by atoms with Gasteiger partial charge in [0, 0.05) is 18.8 Å². The first kappa shape index (κ1) is 12.8. The van der Waals surface area contributed by atoms with E-state index in [2.05, 4.69) is 9.88 Å². The highest BCUT2D eigenvalue weighted by Crippen LogP contribution is 2.30. The topological polar surface area (TPSA) is 86.2 Å². The summed E-state index contributed by atoms with van der Waals surface area (Å²) in [5, 5.41) is 17.8. The molecule has 1 fully saturated rings. The van der Waals surface area contributed by atoms with Crippen LogP contribution in [0.5, 0.6) is 0 Å². The zero-order valence-electron chi connectivity index (χ0n) is 11.1. The maximum Gasteiger partial charge on any atom is 0.126 e. The zero-order valence-corrected chi connectivity index (χ0v) is 11.1. The van der Waals surface area contributed by atoms with Crippen molar-refractivity contribution in [3.05, 3.63) is 23.0 Å². The van der Waals surface area contributed by atoms with Crippen molar-refractivity contribution in [3.8, 4) is 0 Å². The van der Waals surface area contributed by atoms with Crippen molar-refractivity contribution in [2.45, 2.75) is 32.8 Å². The van der Waals surface area contributed by atoms with E-state index in [9.17, 15) is 5.11 Å². The lowest BCUT2D eigenvalue weighted by Crippen LogP contribution is -2.31. The monoisotopic (exact) mass is 248 g/mol. The lowest BCUT2D eigenvalue weighted by Gasteiger charge is -2.24. The van der Waals surface area contributed by atoms with Crippen LogP contribution in [0, 0.1) is 19.3 Å². The predicted octanol–water partition coefficient (Wildman–Crippen LogP) is 0.944. The average Bonchev–Trinajstić information content (AvgIpc) is 2.56. The minimum absolute atomic E-state index is 0.0292. The lowest BCUT2D eigenvalue weighted by atomic mass is 10.1. The van der Waals surface area contributed by atoms with Gasteiger partial charge in [-0.3, -0.25) is 10.4 Å². The van der Waals surface area contributed by atoms with E-state index >= 15 is 0 Å². The van der Waals surface area contributed by atoms with E-state index in [1.165, 1.54) is 0 Å². The van der Waals surface area contributed by atoms with Crippen molar-refractivity contribution in [2.75, 3.05) is 18.0 Å². The summed E-state index contributed by atoms with van der Waals surface area (Å²) in [7, 11) is 0. The van der Waals surface area contributed by atoms with E-state index in [1.807, 2.05) is 26.8 Å². The molecule has 0 bridgehead atoms. The average molecular weight is 248 g/mol. The van der Waals surface area contributed by atoms with Gasteiger partial charge < -0.3 is 15.7 Å². The molecule has 18 heavy (non-hydrogen) atoms. The van der Waals surface area contributed by atoms with Gasteiger partial charge in [-0.2, -0.15) is 0 Å². The van der Waals surface area contributed by atoms with Gasteiger partial charge in [0.15, 0.2) is 0 Å². The molecule has 2 heterocycles. The first-order chi connectivity index (χ1) is 8.30. The van der Waals surface area contributed by atoms with Crippen molar-refractivity contribution in [1.29, 1.82) is 5.41 Å². The molecule has 0 spiro atoms. The molecule has 0 saturated carbocycles. The van der Waals surface area contributed by atoms with Crippen LogP contribution in [-0.4, -0.2) is 34.6 Å². The summed E-state index contributed by atoms with van der Waals surface area (Å²) >= 11 is 0. The Morgan fingerprint density at radius 1 is 1.56 bits per heavy atom. The molecule has 4 N–H and O–H groups in total. The number of β-amino-alcohol motifs (C(OH)–C–C–N with tert-alkyl or cyclic N) is 1. The second kappa shape index (κ2) is 4.24. The number of nitrogen functional groups attached to an aromatic ring is 1.